The number of carboxylic acids is 1. The molecular formula is C25H40O3. The fourth-order valence-electron chi connectivity index (χ4n) is 8.54. The molecule has 0 amide bonds. The van der Waals surface area contributed by atoms with Crippen molar-refractivity contribution < 1.29 is 15.0 Å². The fraction of sp³-hybridized carbons (Fsp3) is 0.880. The van der Waals surface area contributed by atoms with Crippen molar-refractivity contribution in [2.45, 2.75) is 98.0 Å². The lowest BCUT2D eigenvalue weighted by molar-refractivity contribution is -0.138. The van der Waals surface area contributed by atoms with E-state index in [9.17, 15) is 9.90 Å². The van der Waals surface area contributed by atoms with Gasteiger partial charge in [0, 0.05) is 6.42 Å². The molecule has 3 nitrogen and oxygen atoms in total. The van der Waals surface area contributed by atoms with Gasteiger partial charge in [0.1, 0.15) is 0 Å². The monoisotopic (exact) mass is 388 g/mol. The zero-order valence-electron chi connectivity index (χ0n) is 18.3. The van der Waals surface area contributed by atoms with Gasteiger partial charge in [-0.3, -0.25) is 4.79 Å². The van der Waals surface area contributed by atoms with E-state index in [1.807, 2.05) is 0 Å². The molecule has 0 aromatic carbocycles. The second kappa shape index (κ2) is 6.86. The van der Waals surface area contributed by atoms with Gasteiger partial charge < -0.3 is 10.2 Å². The van der Waals surface area contributed by atoms with Gasteiger partial charge in [-0.2, -0.15) is 0 Å². The average molecular weight is 389 g/mol. The topological polar surface area (TPSA) is 57.5 Å². The van der Waals surface area contributed by atoms with E-state index in [4.69, 9.17) is 5.11 Å². The number of hydrogen-bond acceptors (Lipinski definition) is 2. The van der Waals surface area contributed by atoms with Crippen LogP contribution in [0.5, 0.6) is 0 Å². The highest BCUT2D eigenvalue weighted by atomic mass is 16.4. The van der Waals surface area contributed by atoms with Gasteiger partial charge in [-0.15, -0.1) is 0 Å². The molecule has 3 fully saturated rings. The van der Waals surface area contributed by atoms with Crippen LogP contribution in [0.15, 0.2) is 11.6 Å². The van der Waals surface area contributed by atoms with E-state index in [1.165, 1.54) is 32.1 Å². The molecule has 0 aromatic rings. The average Bonchev–Trinajstić information content (AvgIpc) is 2.92. The molecule has 158 valence electrons. The largest absolute Gasteiger partial charge is 0.481 e. The number of aliphatic hydroxyl groups is 1. The van der Waals surface area contributed by atoms with Crippen LogP contribution >= 0.6 is 0 Å². The second-order valence-electron chi connectivity index (χ2n) is 11.4. The first kappa shape index (κ1) is 20.4. The van der Waals surface area contributed by atoms with Gasteiger partial charge >= 0.3 is 5.97 Å². The normalized spacial score (nSPS) is 48.8. The van der Waals surface area contributed by atoms with Crippen molar-refractivity contribution in [2.75, 3.05) is 0 Å². The Morgan fingerprint density at radius 2 is 1.82 bits per heavy atom. The predicted molar refractivity (Wildman–Crippen MR) is 112 cm³/mol. The molecular weight excluding hydrogens is 348 g/mol. The lowest BCUT2D eigenvalue weighted by Gasteiger charge is -2.63. The molecule has 0 bridgehead atoms. The van der Waals surface area contributed by atoms with Crippen LogP contribution in [0.3, 0.4) is 0 Å². The van der Waals surface area contributed by atoms with Crippen LogP contribution < -0.4 is 0 Å². The van der Waals surface area contributed by atoms with Crippen molar-refractivity contribution in [3.05, 3.63) is 11.6 Å². The molecule has 28 heavy (non-hydrogen) atoms. The highest BCUT2D eigenvalue weighted by Gasteiger charge is 2.64. The molecule has 0 unspecified atom stereocenters. The number of allylic oxidation sites excluding steroid dienone is 1. The summed E-state index contributed by atoms with van der Waals surface area (Å²) in [5, 5.41) is 19.3. The first-order chi connectivity index (χ1) is 13.1. The number of aliphatic carboxylic acids is 1. The number of rotatable bonds is 4. The van der Waals surface area contributed by atoms with E-state index in [1.54, 1.807) is 5.57 Å². The van der Waals surface area contributed by atoms with Crippen molar-refractivity contribution in [3.8, 4) is 0 Å². The SMILES string of the molecule is C[C@H](CCC(=O)O)[C@H]1CC[C@@]2(C)[C@@H]3CC=C4C[C@@H](O)CC[C@]4(C)[C@H]3CC[C@]12C. The van der Waals surface area contributed by atoms with Gasteiger partial charge in [-0.25, -0.2) is 0 Å². The van der Waals surface area contributed by atoms with E-state index < -0.39 is 5.97 Å². The highest BCUT2D eigenvalue weighted by Crippen LogP contribution is 2.72. The molecule has 0 heterocycles. The minimum Gasteiger partial charge on any atom is -0.481 e. The maximum atomic E-state index is 11.1. The van der Waals surface area contributed by atoms with Crippen molar-refractivity contribution in [3.63, 3.8) is 0 Å². The summed E-state index contributed by atoms with van der Waals surface area (Å²) in [4.78, 5) is 11.1. The van der Waals surface area contributed by atoms with E-state index in [0.29, 0.717) is 34.5 Å². The zero-order chi connectivity index (χ0) is 20.3. The van der Waals surface area contributed by atoms with E-state index in [2.05, 4.69) is 33.8 Å². The molecule has 8 atom stereocenters. The molecule has 3 heteroatoms. The van der Waals surface area contributed by atoms with Crippen LogP contribution in [0.25, 0.3) is 0 Å². The number of hydrogen-bond donors (Lipinski definition) is 2. The number of fused-ring (bicyclic) bond motifs is 5. The van der Waals surface area contributed by atoms with Crippen LogP contribution in [0.2, 0.25) is 0 Å². The third-order valence-electron chi connectivity index (χ3n) is 10.5. The van der Waals surface area contributed by atoms with Crippen LogP contribution in [-0.2, 0) is 4.79 Å². The van der Waals surface area contributed by atoms with Gasteiger partial charge in [0.05, 0.1) is 6.10 Å². The van der Waals surface area contributed by atoms with E-state index >= 15 is 0 Å². The summed E-state index contributed by atoms with van der Waals surface area (Å²) < 4.78 is 0. The molecule has 0 radical (unpaired) electrons. The Hall–Kier alpha value is -0.830. The van der Waals surface area contributed by atoms with E-state index in [0.717, 1.165) is 37.5 Å². The number of carboxylic acid groups (broad SMARTS) is 1. The first-order valence-electron chi connectivity index (χ1n) is 11.7. The zero-order valence-corrected chi connectivity index (χ0v) is 18.3. The van der Waals surface area contributed by atoms with Crippen molar-refractivity contribution >= 4 is 5.97 Å². The van der Waals surface area contributed by atoms with Crippen LogP contribution in [0, 0.1) is 39.9 Å². The molecule has 4 aliphatic carbocycles. The molecule has 0 aromatic heterocycles. The van der Waals surface area contributed by atoms with Crippen LogP contribution in [0.4, 0.5) is 0 Å². The summed E-state index contributed by atoms with van der Waals surface area (Å²) >= 11 is 0. The maximum absolute atomic E-state index is 11.1. The maximum Gasteiger partial charge on any atom is 0.303 e. The first-order valence-corrected chi connectivity index (χ1v) is 11.7. The smallest absolute Gasteiger partial charge is 0.303 e. The molecule has 3 saturated carbocycles. The Morgan fingerprint density at radius 1 is 1.11 bits per heavy atom. The molecule has 4 rings (SSSR count). The third-order valence-corrected chi connectivity index (χ3v) is 10.5. The summed E-state index contributed by atoms with van der Waals surface area (Å²) in [5.74, 6) is 2.00. The van der Waals surface area contributed by atoms with Gasteiger partial charge in [0.2, 0.25) is 0 Å². The quantitative estimate of drug-likeness (QED) is 0.597. The number of aliphatic hydroxyl groups excluding tert-OH is 1. The van der Waals surface area contributed by atoms with Gasteiger partial charge in [-0.05, 0) is 97.7 Å². The third kappa shape index (κ3) is 2.82. The molecule has 0 saturated heterocycles. The highest BCUT2D eigenvalue weighted by molar-refractivity contribution is 5.66. The lowest BCUT2D eigenvalue weighted by Crippen LogP contribution is -2.55. The van der Waals surface area contributed by atoms with Crippen molar-refractivity contribution in [2.24, 2.45) is 39.9 Å². The lowest BCUT2D eigenvalue weighted by atomic mass is 9.42. The molecule has 2 N–H and O–H groups in total. The summed E-state index contributed by atoms with van der Waals surface area (Å²) in [6.07, 6.45) is 12.9. The molecule has 0 aliphatic heterocycles. The molecule has 0 spiro atoms. The summed E-state index contributed by atoms with van der Waals surface area (Å²) in [5.41, 5.74) is 2.53. The Bertz CT molecular complexity index is 669. The van der Waals surface area contributed by atoms with Crippen molar-refractivity contribution in [1.82, 2.24) is 0 Å². The van der Waals surface area contributed by atoms with Gasteiger partial charge in [-0.1, -0.05) is 39.3 Å². The Labute approximate surface area is 171 Å². The predicted octanol–water partition coefficient (Wildman–Crippen LogP) is 5.82. The second-order valence-corrected chi connectivity index (χ2v) is 11.4. The minimum absolute atomic E-state index is 0.133. The Kier molecular flexibility index (Phi) is 5.01. The molecule has 4 aliphatic rings. The Balaban J connectivity index is 1.60. The van der Waals surface area contributed by atoms with Crippen LogP contribution in [-0.4, -0.2) is 22.3 Å². The minimum atomic E-state index is -0.654. The van der Waals surface area contributed by atoms with Gasteiger partial charge in [0.25, 0.3) is 0 Å². The van der Waals surface area contributed by atoms with Crippen molar-refractivity contribution in [1.29, 1.82) is 0 Å². The van der Waals surface area contributed by atoms with E-state index in [-0.39, 0.29) is 6.10 Å². The number of carbonyl (C=O) groups is 1. The Morgan fingerprint density at radius 3 is 2.54 bits per heavy atom. The van der Waals surface area contributed by atoms with Gasteiger partial charge in [0.15, 0.2) is 0 Å². The van der Waals surface area contributed by atoms with Crippen LogP contribution in [0.1, 0.15) is 91.9 Å². The summed E-state index contributed by atoms with van der Waals surface area (Å²) in [6, 6.07) is 0. The fourth-order valence-corrected chi connectivity index (χ4v) is 8.54. The summed E-state index contributed by atoms with van der Waals surface area (Å²) in [6.45, 7) is 9.92. The summed E-state index contributed by atoms with van der Waals surface area (Å²) in [7, 11) is 0. The standard InChI is InChI=1S/C25H40O3/c1-16(5-8-22(27)28)19-10-13-25(4)21-7-6-17-15-18(26)9-12-23(17,2)20(21)11-14-24(19,25)3/h6,16,18-21,26H,5,7-15H2,1-4H3,(H,27,28)/t16-,18+,19-,20+,21-,23+,24-,25+/m1/s1.